The molecule has 5 heteroatoms. The van der Waals surface area contributed by atoms with E-state index in [0.717, 1.165) is 11.1 Å². The van der Waals surface area contributed by atoms with Crippen LogP contribution in [0.5, 0.6) is 5.75 Å². The van der Waals surface area contributed by atoms with E-state index in [1.165, 1.54) is 0 Å². The number of ether oxygens (including phenoxy) is 2. The number of alkyl carbamates (subject to hydrolysis) is 1. The fourth-order valence-electron chi connectivity index (χ4n) is 1.97. The van der Waals surface area contributed by atoms with Crippen LogP contribution in [0.1, 0.15) is 11.1 Å². The van der Waals surface area contributed by atoms with Gasteiger partial charge in [0.05, 0.1) is 12.8 Å². The lowest BCUT2D eigenvalue weighted by atomic mass is 10.2. The van der Waals surface area contributed by atoms with Gasteiger partial charge in [-0.2, -0.15) is 0 Å². The quantitative estimate of drug-likeness (QED) is 0.803. The summed E-state index contributed by atoms with van der Waals surface area (Å²) in [6.45, 7) is 0.630. The van der Waals surface area contributed by atoms with Crippen LogP contribution in [-0.2, 0) is 11.3 Å². The SMILES string of the molecule is COc1ccc(C=CCNC(=O)OCc2ccccc2)cc1N. The van der Waals surface area contributed by atoms with Gasteiger partial charge in [0, 0.05) is 6.54 Å². The number of rotatable bonds is 6. The molecule has 0 saturated heterocycles. The van der Waals surface area contributed by atoms with Crippen molar-refractivity contribution in [1.82, 2.24) is 5.32 Å². The van der Waals surface area contributed by atoms with Crippen LogP contribution < -0.4 is 15.8 Å². The zero-order valence-electron chi connectivity index (χ0n) is 13.0. The van der Waals surface area contributed by atoms with Gasteiger partial charge in [0.25, 0.3) is 0 Å². The number of carbonyl (C=O) groups excluding carboxylic acids is 1. The van der Waals surface area contributed by atoms with Gasteiger partial charge in [-0.15, -0.1) is 0 Å². The Morgan fingerprint density at radius 1 is 1.22 bits per heavy atom. The standard InChI is InChI=1S/C18H20N2O3/c1-22-17-10-9-14(12-16(17)19)8-5-11-20-18(21)23-13-15-6-3-2-4-7-15/h2-10,12H,11,13,19H2,1H3,(H,20,21). The summed E-state index contributed by atoms with van der Waals surface area (Å²) in [5, 5.41) is 2.66. The molecule has 0 fully saturated rings. The highest BCUT2D eigenvalue weighted by molar-refractivity contribution is 5.68. The minimum absolute atomic E-state index is 0.255. The highest BCUT2D eigenvalue weighted by atomic mass is 16.5. The molecule has 0 heterocycles. The predicted octanol–water partition coefficient (Wildman–Crippen LogP) is 3.22. The molecule has 0 atom stereocenters. The van der Waals surface area contributed by atoms with Gasteiger partial charge < -0.3 is 20.5 Å². The molecule has 23 heavy (non-hydrogen) atoms. The number of nitrogens with two attached hydrogens (primary N) is 1. The summed E-state index contributed by atoms with van der Waals surface area (Å²) in [7, 11) is 1.58. The number of nitrogens with one attached hydrogen (secondary N) is 1. The van der Waals surface area contributed by atoms with Crippen LogP contribution in [0.4, 0.5) is 10.5 Å². The Labute approximate surface area is 135 Å². The van der Waals surface area contributed by atoms with E-state index in [1.54, 1.807) is 13.2 Å². The van der Waals surface area contributed by atoms with Gasteiger partial charge in [-0.3, -0.25) is 0 Å². The van der Waals surface area contributed by atoms with Crippen molar-refractivity contribution < 1.29 is 14.3 Å². The summed E-state index contributed by atoms with van der Waals surface area (Å²) >= 11 is 0. The molecule has 0 aromatic heterocycles. The van der Waals surface area contributed by atoms with Crippen molar-refractivity contribution in [1.29, 1.82) is 0 Å². The first kappa shape index (κ1) is 16.4. The Morgan fingerprint density at radius 2 is 2.00 bits per heavy atom. The van der Waals surface area contributed by atoms with Gasteiger partial charge in [0.15, 0.2) is 0 Å². The summed E-state index contributed by atoms with van der Waals surface area (Å²) in [4.78, 5) is 11.6. The fraction of sp³-hybridized carbons (Fsp3) is 0.167. The Morgan fingerprint density at radius 3 is 2.70 bits per heavy atom. The Bertz CT molecular complexity index is 669. The first-order valence-electron chi connectivity index (χ1n) is 7.23. The first-order chi connectivity index (χ1) is 11.2. The molecule has 1 amide bonds. The van der Waals surface area contributed by atoms with Gasteiger partial charge in [-0.1, -0.05) is 48.6 Å². The number of amides is 1. The van der Waals surface area contributed by atoms with E-state index in [0.29, 0.717) is 18.0 Å². The van der Waals surface area contributed by atoms with E-state index in [9.17, 15) is 4.79 Å². The van der Waals surface area contributed by atoms with Crippen molar-refractivity contribution in [2.45, 2.75) is 6.61 Å². The van der Waals surface area contributed by atoms with Gasteiger partial charge >= 0.3 is 6.09 Å². The van der Waals surface area contributed by atoms with Crippen LogP contribution in [0, 0.1) is 0 Å². The molecule has 2 rings (SSSR count). The van der Waals surface area contributed by atoms with Crippen LogP contribution in [0.15, 0.2) is 54.6 Å². The molecule has 3 N–H and O–H groups in total. The van der Waals surface area contributed by atoms with Crippen molar-refractivity contribution in [3.63, 3.8) is 0 Å². The van der Waals surface area contributed by atoms with Crippen molar-refractivity contribution in [3.05, 3.63) is 65.7 Å². The number of carbonyl (C=O) groups is 1. The van der Waals surface area contributed by atoms with Crippen LogP contribution in [0.25, 0.3) is 6.08 Å². The molecule has 0 unspecified atom stereocenters. The number of benzene rings is 2. The maximum Gasteiger partial charge on any atom is 0.407 e. The normalized spacial score (nSPS) is 10.5. The predicted molar refractivity (Wildman–Crippen MR) is 91.1 cm³/mol. The van der Waals surface area contributed by atoms with Crippen LogP contribution in [0.3, 0.4) is 0 Å². The number of methoxy groups -OCH3 is 1. The molecule has 5 nitrogen and oxygen atoms in total. The van der Waals surface area contributed by atoms with Crippen molar-refractivity contribution >= 4 is 17.9 Å². The van der Waals surface area contributed by atoms with Gasteiger partial charge in [-0.25, -0.2) is 4.79 Å². The maximum atomic E-state index is 11.6. The monoisotopic (exact) mass is 312 g/mol. The average Bonchev–Trinajstić information content (AvgIpc) is 2.58. The second-order valence-corrected chi connectivity index (χ2v) is 4.85. The third-order valence-electron chi connectivity index (χ3n) is 3.14. The zero-order valence-corrected chi connectivity index (χ0v) is 13.0. The lowest BCUT2D eigenvalue weighted by molar-refractivity contribution is 0.141. The minimum Gasteiger partial charge on any atom is -0.495 e. The van der Waals surface area contributed by atoms with Crippen molar-refractivity contribution in [2.24, 2.45) is 0 Å². The molecule has 0 aliphatic heterocycles. The second-order valence-electron chi connectivity index (χ2n) is 4.85. The van der Waals surface area contributed by atoms with E-state index < -0.39 is 6.09 Å². The fourth-order valence-corrected chi connectivity index (χ4v) is 1.97. The molecule has 0 bridgehead atoms. The largest absolute Gasteiger partial charge is 0.495 e. The lowest BCUT2D eigenvalue weighted by Gasteiger charge is -2.06. The Hall–Kier alpha value is -2.95. The second kappa shape index (κ2) is 8.48. The van der Waals surface area contributed by atoms with Crippen LogP contribution in [-0.4, -0.2) is 19.7 Å². The van der Waals surface area contributed by atoms with E-state index >= 15 is 0 Å². The molecule has 2 aromatic rings. The molecular weight excluding hydrogens is 292 g/mol. The molecule has 0 aliphatic carbocycles. The molecule has 0 aliphatic rings. The van der Waals surface area contributed by atoms with Crippen LogP contribution in [0.2, 0.25) is 0 Å². The van der Waals surface area contributed by atoms with Crippen molar-refractivity contribution in [2.75, 3.05) is 19.4 Å². The van der Waals surface area contributed by atoms with Gasteiger partial charge in [-0.05, 0) is 23.3 Å². The smallest absolute Gasteiger partial charge is 0.407 e. The highest BCUT2D eigenvalue weighted by Crippen LogP contribution is 2.22. The topological polar surface area (TPSA) is 73.6 Å². The first-order valence-corrected chi connectivity index (χ1v) is 7.23. The maximum absolute atomic E-state index is 11.6. The third-order valence-corrected chi connectivity index (χ3v) is 3.14. The zero-order chi connectivity index (χ0) is 16.5. The molecule has 0 radical (unpaired) electrons. The molecule has 0 saturated carbocycles. The van der Waals surface area contributed by atoms with E-state index in [4.69, 9.17) is 15.2 Å². The van der Waals surface area contributed by atoms with Crippen molar-refractivity contribution in [3.8, 4) is 5.75 Å². The summed E-state index contributed by atoms with van der Waals surface area (Å²) in [5.41, 5.74) is 8.29. The third kappa shape index (κ3) is 5.39. The number of hydrogen-bond acceptors (Lipinski definition) is 4. The summed E-state index contributed by atoms with van der Waals surface area (Å²) in [5.74, 6) is 0.643. The van der Waals surface area contributed by atoms with E-state index in [2.05, 4.69) is 5.32 Å². The summed E-state index contributed by atoms with van der Waals surface area (Å²) in [6.07, 6.45) is 3.24. The Kier molecular flexibility index (Phi) is 6.06. The van der Waals surface area contributed by atoms with E-state index in [1.807, 2.05) is 54.6 Å². The van der Waals surface area contributed by atoms with Gasteiger partial charge in [0.2, 0.25) is 0 Å². The number of hydrogen-bond donors (Lipinski definition) is 2. The van der Waals surface area contributed by atoms with E-state index in [-0.39, 0.29) is 6.61 Å². The molecule has 0 spiro atoms. The minimum atomic E-state index is -0.451. The molecular formula is C18H20N2O3. The number of anilines is 1. The molecule has 2 aromatic carbocycles. The van der Waals surface area contributed by atoms with Crippen LogP contribution >= 0.6 is 0 Å². The summed E-state index contributed by atoms with van der Waals surface area (Å²) in [6, 6.07) is 15.0. The summed E-state index contributed by atoms with van der Waals surface area (Å²) < 4.78 is 10.2. The number of nitrogen functional groups attached to an aromatic ring is 1. The average molecular weight is 312 g/mol. The lowest BCUT2D eigenvalue weighted by Crippen LogP contribution is -2.24. The van der Waals surface area contributed by atoms with Gasteiger partial charge in [0.1, 0.15) is 12.4 Å². The molecule has 120 valence electrons. The highest BCUT2D eigenvalue weighted by Gasteiger charge is 2.01. The Balaban J connectivity index is 1.73.